The first-order chi connectivity index (χ1) is 11.5. The van der Waals surface area contributed by atoms with E-state index in [2.05, 4.69) is 5.32 Å². The maximum Gasteiger partial charge on any atom is 0.326 e. The monoisotopic (exact) mass is 327 g/mol. The zero-order valence-electron chi connectivity index (χ0n) is 13.7. The number of carboxylic acids is 1. The minimum atomic E-state index is -1.07. The van der Waals surface area contributed by atoms with Crippen LogP contribution in [0.4, 0.5) is 0 Å². The number of carboxylic acid groups (broad SMARTS) is 1. The van der Waals surface area contributed by atoms with Crippen molar-refractivity contribution < 1.29 is 19.4 Å². The lowest BCUT2D eigenvalue weighted by Crippen LogP contribution is -2.47. The van der Waals surface area contributed by atoms with Gasteiger partial charge in [0.25, 0.3) is 5.91 Å². The number of benzene rings is 2. The molecule has 2 N–H and O–H groups in total. The van der Waals surface area contributed by atoms with E-state index in [4.69, 9.17) is 4.74 Å². The van der Waals surface area contributed by atoms with Gasteiger partial charge < -0.3 is 15.2 Å². The zero-order chi connectivity index (χ0) is 17.5. The second-order valence-corrected chi connectivity index (χ2v) is 5.66. The van der Waals surface area contributed by atoms with Gasteiger partial charge in [0.05, 0.1) is 0 Å². The lowest BCUT2D eigenvalue weighted by molar-refractivity contribution is -0.142. The van der Waals surface area contributed by atoms with Crippen LogP contribution in [0, 0.1) is 6.92 Å². The van der Waals surface area contributed by atoms with Crippen molar-refractivity contribution in [3.05, 3.63) is 65.7 Å². The van der Waals surface area contributed by atoms with E-state index in [1.807, 2.05) is 49.4 Å². The molecule has 0 spiro atoms. The van der Waals surface area contributed by atoms with Crippen LogP contribution in [0.15, 0.2) is 54.6 Å². The van der Waals surface area contributed by atoms with Crippen LogP contribution in [-0.2, 0) is 16.0 Å². The smallest absolute Gasteiger partial charge is 0.326 e. The van der Waals surface area contributed by atoms with Gasteiger partial charge in [0, 0.05) is 6.42 Å². The molecule has 24 heavy (non-hydrogen) atoms. The van der Waals surface area contributed by atoms with E-state index < -0.39 is 24.0 Å². The molecule has 0 saturated carbocycles. The summed E-state index contributed by atoms with van der Waals surface area (Å²) in [5.74, 6) is -0.966. The lowest BCUT2D eigenvalue weighted by Gasteiger charge is -2.19. The third-order valence-electron chi connectivity index (χ3n) is 3.60. The molecule has 5 heteroatoms. The van der Waals surface area contributed by atoms with E-state index in [1.54, 1.807) is 19.1 Å². The first kappa shape index (κ1) is 17.5. The molecule has 2 atom stereocenters. The Labute approximate surface area is 141 Å². The van der Waals surface area contributed by atoms with E-state index >= 15 is 0 Å². The Bertz CT molecular complexity index is 682. The van der Waals surface area contributed by atoms with Crippen LogP contribution in [0.5, 0.6) is 5.75 Å². The number of nitrogens with one attached hydrogen (secondary N) is 1. The molecule has 0 aromatic heterocycles. The van der Waals surface area contributed by atoms with Gasteiger partial charge in [-0.1, -0.05) is 48.0 Å². The van der Waals surface area contributed by atoms with Crippen molar-refractivity contribution in [3.63, 3.8) is 0 Å². The predicted octanol–water partition coefficient (Wildman–Crippen LogP) is 2.57. The third-order valence-corrected chi connectivity index (χ3v) is 3.60. The number of ether oxygens (including phenoxy) is 1. The molecule has 0 bridgehead atoms. The summed E-state index contributed by atoms with van der Waals surface area (Å²) in [5, 5.41) is 11.9. The van der Waals surface area contributed by atoms with Gasteiger partial charge in [-0.15, -0.1) is 0 Å². The van der Waals surface area contributed by atoms with Crippen molar-refractivity contribution >= 4 is 11.9 Å². The number of carbonyl (C=O) groups is 2. The van der Waals surface area contributed by atoms with Crippen LogP contribution in [-0.4, -0.2) is 29.1 Å². The Morgan fingerprint density at radius 2 is 1.71 bits per heavy atom. The molecule has 2 unspecified atom stereocenters. The van der Waals surface area contributed by atoms with E-state index in [0.717, 1.165) is 11.1 Å². The quantitative estimate of drug-likeness (QED) is 0.819. The Kier molecular flexibility index (Phi) is 5.95. The first-order valence-corrected chi connectivity index (χ1v) is 7.76. The number of carbonyl (C=O) groups excluding carboxylic acids is 1. The van der Waals surface area contributed by atoms with Gasteiger partial charge in [-0.25, -0.2) is 4.79 Å². The van der Waals surface area contributed by atoms with Gasteiger partial charge >= 0.3 is 5.97 Å². The highest BCUT2D eigenvalue weighted by Crippen LogP contribution is 2.13. The standard InChI is InChI=1S/C19H21NO4/c1-13-8-10-16(11-9-13)24-14(2)18(21)20-17(19(22)23)12-15-6-4-3-5-7-15/h3-11,14,17H,12H2,1-2H3,(H,20,21)(H,22,23). The Hall–Kier alpha value is -2.82. The molecule has 2 rings (SSSR count). The molecule has 0 saturated heterocycles. The summed E-state index contributed by atoms with van der Waals surface area (Å²) in [4.78, 5) is 23.6. The maximum atomic E-state index is 12.2. The fourth-order valence-corrected chi connectivity index (χ4v) is 2.21. The molecule has 0 aliphatic carbocycles. The molecule has 0 fully saturated rings. The number of aryl methyl sites for hydroxylation is 1. The fraction of sp³-hybridized carbons (Fsp3) is 0.263. The molecule has 126 valence electrons. The van der Waals surface area contributed by atoms with Crippen molar-refractivity contribution in [2.24, 2.45) is 0 Å². The van der Waals surface area contributed by atoms with Gasteiger partial charge in [0.15, 0.2) is 6.10 Å². The minimum Gasteiger partial charge on any atom is -0.481 e. The second kappa shape index (κ2) is 8.15. The summed E-state index contributed by atoms with van der Waals surface area (Å²) in [6.45, 7) is 3.55. The maximum absolute atomic E-state index is 12.2. The number of rotatable bonds is 7. The number of hydrogen-bond acceptors (Lipinski definition) is 3. The fourth-order valence-electron chi connectivity index (χ4n) is 2.21. The summed E-state index contributed by atoms with van der Waals surface area (Å²) < 4.78 is 5.56. The van der Waals surface area contributed by atoms with E-state index in [1.165, 1.54) is 0 Å². The van der Waals surface area contributed by atoms with Crippen LogP contribution in [0.2, 0.25) is 0 Å². The van der Waals surface area contributed by atoms with Gasteiger partial charge in [-0.05, 0) is 31.5 Å². The Balaban J connectivity index is 1.96. The highest BCUT2D eigenvalue weighted by Gasteiger charge is 2.24. The molecule has 0 aliphatic rings. The highest BCUT2D eigenvalue weighted by molar-refractivity contribution is 5.86. The first-order valence-electron chi connectivity index (χ1n) is 7.76. The molecular formula is C19H21NO4. The average molecular weight is 327 g/mol. The molecule has 1 amide bonds. The summed E-state index contributed by atoms with van der Waals surface area (Å²) >= 11 is 0. The van der Waals surface area contributed by atoms with Gasteiger partial charge in [-0.3, -0.25) is 4.79 Å². The molecule has 5 nitrogen and oxygen atoms in total. The summed E-state index contributed by atoms with van der Waals surface area (Å²) in [6, 6.07) is 15.5. The largest absolute Gasteiger partial charge is 0.481 e. The van der Waals surface area contributed by atoms with Crippen molar-refractivity contribution in [3.8, 4) is 5.75 Å². The third kappa shape index (κ3) is 5.12. The molecule has 0 radical (unpaired) electrons. The van der Waals surface area contributed by atoms with Crippen LogP contribution in [0.25, 0.3) is 0 Å². The molecule has 2 aromatic rings. The van der Waals surface area contributed by atoms with Gasteiger partial charge in [0.1, 0.15) is 11.8 Å². The van der Waals surface area contributed by atoms with Crippen LogP contribution >= 0.6 is 0 Å². The number of aliphatic carboxylic acids is 1. The minimum absolute atomic E-state index is 0.221. The topological polar surface area (TPSA) is 75.6 Å². The molecule has 0 heterocycles. The van der Waals surface area contributed by atoms with Crippen molar-refractivity contribution in [1.29, 1.82) is 0 Å². The lowest BCUT2D eigenvalue weighted by atomic mass is 10.1. The summed E-state index contributed by atoms with van der Waals surface area (Å²) in [6.07, 6.45) is -0.565. The Morgan fingerprint density at radius 3 is 2.29 bits per heavy atom. The van der Waals surface area contributed by atoms with E-state index in [-0.39, 0.29) is 6.42 Å². The van der Waals surface area contributed by atoms with Gasteiger partial charge in [0.2, 0.25) is 0 Å². The SMILES string of the molecule is Cc1ccc(OC(C)C(=O)NC(Cc2ccccc2)C(=O)O)cc1. The zero-order valence-corrected chi connectivity index (χ0v) is 13.7. The molecule has 0 aliphatic heterocycles. The molecule has 2 aromatic carbocycles. The van der Waals surface area contributed by atoms with Crippen LogP contribution in [0.1, 0.15) is 18.1 Å². The highest BCUT2D eigenvalue weighted by atomic mass is 16.5. The predicted molar refractivity (Wildman–Crippen MR) is 91.0 cm³/mol. The van der Waals surface area contributed by atoms with Crippen LogP contribution in [0.3, 0.4) is 0 Å². The van der Waals surface area contributed by atoms with Crippen LogP contribution < -0.4 is 10.1 Å². The van der Waals surface area contributed by atoms with E-state index in [0.29, 0.717) is 5.75 Å². The average Bonchev–Trinajstić information content (AvgIpc) is 2.57. The summed E-state index contributed by atoms with van der Waals surface area (Å²) in [7, 11) is 0. The van der Waals surface area contributed by atoms with E-state index in [9.17, 15) is 14.7 Å². The van der Waals surface area contributed by atoms with Crippen molar-refractivity contribution in [1.82, 2.24) is 5.32 Å². The van der Waals surface area contributed by atoms with Gasteiger partial charge in [-0.2, -0.15) is 0 Å². The van der Waals surface area contributed by atoms with Crippen molar-refractivity contribution in [2.75, 3.05) is 0 Å². The Morgan fingerprint density at radius 1 is 1.08 bits per heavy atom. The normalized spacial score (nSPS) is 12.9. The molecular weight excluding hydrogens is 306 g/mol. The van der Waals surface area contributed by atoms with Crippen molar-refractivity contribution in [2.45, 2.75) is 32.4 Å². The second-order valence-electron chi connectivity index (χ2n) is 5.66. The number of hydrogen-bond donors (Lipinski definition) is 2. The summed E-state index contributed by atoms with van der Waals surface area (Å²) in [5.41, 5.74) is 1.94. The number of amides is 1.